The van der Waals surface area contributed by atoms with Crippen LogP contribution in [0.25, 0.3) is 0 Å². The van der Waals surface area contributed by atoms with Gasteiger partial charge in [-0.15, -0.1) is 0 Å². The van der Waals surface area contributed by atoms with Crippen LogP contribution in [0.5, 0.6) is 0 Å². The number of aryl methyl sites for hydroxylation is 2. The monoisotopic (exact) mass is 269 g/mol. The molecule has 1 atom stereocenters. The maximum absolute atomic E-state index is 6.11. The summed E-state index contributed by atoms with van der Waals surface area (Å²) in [4.78, 5) is 6.54. The smallest absolute Gasteiger partial charge is 0.196 e. The van der Waals surface area contributed by atoms with Gasteiger partial charge in [0, 0.05) is 24.0 Å². The SMILES string of the molecule is Cc1ccccc1N1C(N)=NCC1c1cnn(C)c1C. The molecule has 20 heavy (non-hydrogen) atoms. The summed E-state index contributed by atoms with van der Waals surface area (Å²) in [6.07, 6.45) is 1.92. The van der Waals surface area contributed by atoms with Crippen molar-refractivity contribution in [2.24, 2.45) is 17.8 Å². The Morgan fingerprint density at radius 1 is 1.25 bits per heavy atom. The molecule has 1 unspecified atom stereocenters. The van der Waals surface area contributed by atoms with E-state index >= 15 is 0 Å². The number of para-hydroxylation sites is 1. The highest BCUT2D eigenvalue weighted by atomic mass is 15.3. The number of benzene rings is 1. The van der Waals surface area contributed by atoms with Crippen LogP contribution in [0.1, 0.15) is 22.9 Å². The van der Waals surface area contributed by atoms with Gasteiger partial charge in [0.1, 0.15) is 0 Å². The standard InChI is InChI=1S/C15H19N5/c1-10-6-4-5-7-13(10)20-14(9-17-15(20)16)12-8-18-19(3)11(12)2/h4-8,14H,9H2,1-3H3,(H2,16,17). The lowest BCUT2D eigenvalue weighted by Gasteiger charge is -2.27. The van der Waals surface area contributed by atoms with Crippen molar-refractivity contribution in [2.45, 2.75) is 19.9 Å². The van der Waals surface area contributed by atoms with Crippen molar-refractivity contribution in [3.05, 3.63) is 47.3 Å². The predicted octanol–water partition coefficient (Wildman–Crippen LogP) is 1.91. The summed E-state index contributed by atoms with van der Waals surface area (Å²) in [7, 11) is 1.95. The first-order valence-corrected chi connectivity index (χ1v) is 6.73. The number of hydrogen-bond acceptors (Lipinski definition) is 4. The number of rotatable bonds is 2. The van der Waals surface area contributed by atoms with Gasteiger partial charge in [-0.3, -0.25) is 9.67 Å². The molecular formula is C15H19N5. The molecule has 0 aliphatic carbocycles. The maximum atomic E-state index is 6.11. The van der Waals surface area contributed by atoms with E-state index in [1.54, 1.807) is 0 Å². The third-order valence-corrected chi connectivity index (χ3v) is 3.99. The van der Waals surface area contributed by atoms with Crippen molar-refractivity contribution in [1.82, 2.24) is 9.78 Å². The van der Waals surface area contributed by atoms with Gasteiger partial charge in [0.05, 0.1) is 18.8 Å². The van der Waals surface area contributed by atoms with E-state index in [2.05, 4.69) is 41.0 Å². The van der Waals surface area contributed by atoms with E-state index in [1.165, 1.54) is 11.1 Å². The lowest BCUT2D eigenvalue weighted by atomic mass is 10.1. The molecule has 0 spiro atoms. The number of anilines is 1. The third-order valence-electron chi connectivity index (χ3n) is 3.99. The van der Waals surface area contributed by atoms with Crippen LogP contribution in [0.3, 0.4) is 0 Å². The normalized spacial score (nSPS) is 18.4. The van der Waals surface area contributed by atoms with E-state index in [0.29, 0.717) is 12.5 Å². The molecule has 0 fully saturated rings. The van der Waals surface area contributed by atoms with E-state index in [0.717, 1.165) is 11.4 Å². The molecule has 3 rings (SSSR count). The lowest BCUT2D eigenvalue weighted by molar-refractivity contribution is 0.722. The van der Waals surface area contributed by atoms with Crippen molar-refractivity contribution < 1.29 is 0 Å². The molecule has 2 heterocycles. The number of aliphatic imine (C=N–C) groups is 1. The Labute approximate surface area is 118 Å². The minimum Gasteiger partial charge on any atom is -0.369 e. The predicted molar refractivity (Wildman–Crippen MR) is 80.8 cm³/mol. The summed E-state index contributed by atoms with van der Waals surface area (Å²) < 4.78 is 1.89. The average molecular weight is 269 g/mol. The van der Waals surface area contributed by atoms with Gasteiger partial charge in [-0.25, -0.2) is 0 Å². The summed E-state index contributed by atoms with van der Waals surface area (Å²) in [5, 5.41) is 4.33. The highest BCUT2D eigenvalue weighted by molar-refractivity contribution is 5.98. The van der Waals surface area contributed by atoms with Gasteiger partial charge < -0.3 is 10.6 Å². The number of guanidine groups is 1. The molecule has 5 heteroatoms. The molecule has 1 aromatic carbocycles. The summed E-state index contributed by atoms with van der Waals surface area (Å²) >= 11 is 0. The molecule has 0 amide bonds. The zero-order valence-corrected chi connectivity index (χ0v) is 12.0. The average Bonchev–Trinajstić information content (AvgIpc) is 2.95. The summed E-state index contributed by atoms with van der Waals surface area (Å²) in [6, 6.07) is 8.37. The van der Waals surface area contributed by atoms with Gasteiger partial charge in [0.2, 0.25) is 0 Å². The van der Waals surface area contributed by atoms with Gasteiger partial charge in [-0.2, -0.15) is 5.10 Å². The molecular weight excluding hydrogens is 250 g/mol. The molecule has 0 bridgehead atoms. The molecule has 1 aliphatic rings. The van der Waals surface area contributed by atoms with Crippen LogP contribution in [0.2, 0.25) is 0 Å². The van der Waals surface area contributed by atoms with E-state index in [1.807, 2.05) is 30.1 Å². The van der Waals surface area contributed by atoms with Crippen molar-refractivity contribution in [3.8, 4) is 0 Å². The van der Waals surface area contributed by atoms with E-state index in [4.69, 9.17) is 5.73 Å². The molecule has 1 aliphatic heterocycles. The summed E-state index contributed by atoms with van der Waals surface area (Å²) in [5.74, 6) is 0.576. The maximum Gasteiger partial charge on any atom is 0.196 e. The molecule has 2 aromatic rings. The number of nitrogens with two attached hydrogens (primary N) is 1. The quantitative estimate of drug-likeness (QED) is 0.906. The second kappa shape index (κ2) is 4.67. The fourth-order valence-electron chi connectivity index (χ4n) is 2.70. The Bertz CT molecular complexity index is 671. The van der Waals surface area contributed by atoms with Crippen molar-refractivity contribution in [3.63, 3.8) is 0 Å². The van der Waals surface area contributed by atoms with Crippen LogP contribution >= 0.6 is 0 Å². The number of nitrogens with zero attached hydrogens (tertiary/aromatic N) is 4. The topological polar surface area (TPSA) is 59.4 Å². The van der Waals surface area contributed by atoms with Crippen LogP contribution in [-0.2, 0) is 7.05 Å². The first-order chi connectivity index (χ1) is 9.59. The van der Waals surface area contributed by atoms with E-state index in [-0.39, 0.29) is 6.04 Å². The van der Waals surface area contributed by atoms with Crippen molar-refractivity contribution >= 4 is 11.6 Å². The fourth-order valence-corrected chi connectivity index (χ4v) is 2.70. The largest absolute Gasteiger partial charge is 0.369 e. The van der Waals surface area contributed by atoms with Gasteiger partial charge in [-0.05, 0) is 25.5 Å². The Morgan fingerprint density at radius 2 is 2.00 bits per heavy atom. The minimum atomic E-state index is 0.129. The molecule has 0 saturated carbocycles. The second-order valence-corrected chi connectivity index (χ2v) is 5.18. The molecule has 0 saturated heterocycles. The Morgan fingerprint density at radius 3 is 2.65 bits per heavy atom. The third kappa shape index (κ3) is 1.86. The van der Waals surface area contributed by atoms with Crippen LogP contribution in [0.15, 0.2) is 35.5 Å². The van der Waals surface area contributed by atoms with Gasteiger partial charge in [0.25, 0.3) is 0 Å². The summed E-state index contributed by atoms with van der Waals surface area (Å²) in [6.45, 7) is 4.84. The zero-order valence-electron chi connectivity index (χ0n) is 12.0. The minimum absolute atomic E-state index is 0.129. The first kappa shape index (κ1) is 12.7. The van der Waals surface area contributed by atoms with Gasteiger partial charge >= 0.3 is 0 Å². The molecule has 2 N–H and O–H groups in total. The van der Waals surface area contributed by atoms with Crippen LogP contribution in [-0.4, -0.2) is 22.3 Å². The van der Waals surface area contributed by atoms with Crippen LogP contribution in [0.4, 0.5) is 5.69 Å². The molecule has 1 aromatic heterocycles. The lowest BCUT2D eigenvalue weighted by Crippen LogP contribution is -2.36. The fraction of sp³-hybridized carbons (Fsp3) is 0.333. The number of aromatic nitrogens is 2. The highest BCUT2D eigenvalue weighted by Crippen LogP contribution is 2.33. The van der Waals surface area contributed by atoms with E-state index < -0.39 is 0 Å². The molecule has 104 valence electrons. The van der Waals surface area contributed by atoms with Crippen LogP contribution in [0, 0.1) is 13.8 Å². The number of hydrogen-bond donors (Lipinski definition) is 1. The molecule has 0 radical (unpaired) electrons. The Kier molecular flexibility index (Phi) is 2.97. The van der Waals surface area contributed by atoms with Gasteiger partial charge in [-0.1, -0.05) is 18.2 Å². The Balaban J connectivity index is 2.05. The van der Waals surface area contributed by atoms with E-state index in [9.17, 15) is 0 Å². The second-order valence-electron chi connectivity index (χ2n) is 5.18. The molecule has 5 nitrogen and oxygen atoms in total. The Hall–Kier alpha value is -2.30. The van der Waals surface area contributed by atoms with Crippen molar-refractivity contribution in [2.75, 3.05) is 11.4 Å². The van der Waals surface area contributed by atoms with Crippen LogP contribution < -0.4 is 10.6 Å². The zero-order chi connectivity index (χ0) is 14.3. The highest BCUT2D eigenvalue weighted by Gasteiger charge is 2.31. The van der Waals surface area contributed by atoms with Crippen molar-refractivity contribution in [1.29, 1.82) is 0 Å². The first-order valence-electron chi connectivity index (χ1n) is 6.73. The van der Waals surface area contributed by atoms with Gasteiger partial charge in [0.15, 0.2) is 5.96 Å². The summed E-state index contributed by atoms with van der Waals surface area (Å²) in [5.41, 5.74) is 10.7.